The number of nitrogens with one attached hydrogen (secondary N) is 1. The summed E-state index contributed by atoms with van der Waals surface area (Å²) in [5.41, 5.74) is 0. The molecule has 0 saturated heterocycles. The number of ether oxygens (including phenoxy) is 1. The average Bonchev–Trinajstić information content (AvgIpc) is 2.41. The largest absolute Gasteiger partial charge is 0.469 e. The first-order valence-corrected chi connectivity index (χ1v) is 7.48. The van der Waals surface area contributed by atoms with Crippen molar-refractivity contribution in [1.29, 1.82) is 0 Å². The molecule has 5 heteroatoms. The Bertz CT molecular complexity index is 333. The first-order valence-electron chi connectivity index (χ1n) is 7.48. The van der Waals surface area contributed by atoms with Crippen LogP contribution < -0.4 is 5.32 Å². The van der Waals surface area contributed by atoms with E-state index in [0.29, 0.717) is 37.4 Å². The molecule has 0 spiro atoms. The Labute approximate surface area is 122 Å². The van der Waals surface area contributed by atoms with Gasteiger partial charge in [0.15, 0.2) is 0 Å². The van der Waals surface area contributed by atoms with Crippen LogP contribution in [-0.4, -0.2) is 50.1 Å². The van der Waals surface area contributed by atoms with Gasteiger partial charge in [0.1, 0.15) is 0 Å². The third kappa shape index (κ3) is 5.49. The molecule has 1 fully saturated rings. The lowest BCUT2D eigenvalue weighted by Crippen LogP contribution is -2.47. The number of hydrogen-bond acceptors (Lipinski definition) is 4. The van der Waals surface area contributed by atoms with Crippen molar-refractivity contribution in [2.24, 2.45) is 11.8 Å². The Morgan fingerprint density at radius 3 is 2.65 bits per heavy atom. The van der Waals surface area contributed by atoms with Crippen molar-refractivity contribution >= 4 is 11.9 Å². The van der Waals surface area contributed by atoms with Gasteiger partial charge in [0.05, 0.1) is 20.1 Å². The summed E-state index contributed by atoms with van der Waals surface area (Å²) in [4.78, 5) is 24.9. The molecule has 116 valence electrons. The molecular formula is C15H28N2O3. The third-order valence-corrected chi connectivity index (χ3v) is 4.39. The minimum atomic E-state index is -0.244. The molecule has 0 bridgehead atoms. The summed E-state index contributed by atoms with van der Waals surface area (Å²) in [6.45, 7) is 5.34. The topological polar surface area (TPSA) is 58.6 Å². The minimum absolute atomic E-state index is 0.0447. The maximum Gasteiger partial charge on any atom is 0.306 e. The minimum Gasteiger partial charge on any atom is -0.469 e. The standard InChI is InChI=1S/C15H28N2O3/c1-11-6-5-7-13(12(11)2)16-14(18)10-17(3)9-8-15(19)20-4/h11-13H,5-10H2,1-4H3,(H,16,18). The Morgan fingerprint density at radius 2 is 2.00 bits per heavy atom. The number of methoxy groups -OCH3 is 1. The summed E-state index contributed by atoms with van der Waals surface area (Å²) in [7, 11) is 3.22. The monoisotopic (exact) mass is 284 g/mol. The van der Waals surface area contributed by atoms with E-state index in [1.165, 1.54) is 20.0 Å². The highest BCUT2D eigenvalue weighted by atomic mass is 16.5. The van der Waals surface area contributed by atoms with E-state index in [1.54, 1.807) is 0 Å². The van der Waals surface area contributed by atoms with E-state index in [-0.39, 0.29) is 11.9 Å². The van der Waals surface area contributed by atoms with Crippen molar-refractivity contribution in [3.05, 3.63) is 0 Å². The molecule has 1 rings (SSSR count). The molecule has 0 aromatic heterocycles. The summed E-state index contributed by atoms with van der Waals surface area (Å²) in [6, 6.07) is 0.292. The van der Waals surface area contributed by atoms with Gasteiger partial charge in [0.2, 0.25) is 5.91 Å². The fraction of sp³-hybridized carbons (Fsp3) is 0.867. The number of rotatable bonds is 6. The Kier molecular flexibility index (Phi) is 6.99. The van der Waals surface area contributed by atoms with Crippen LogP contribution in [0, 0.1) is 11.8 Å². The van der Waals surface area contributed by atoms with Crippen molar-refractivity contribution in [2.75, 3.05) is 27.2 Å². The lowest BCUT2D eigenvalue weighted by atomic mass is 9.78. The van der Waals surface area contributed by atoms with Crippen molar-refractivity contribution in [3.8, 4) is 0 Å². The second-order valence-electron chi connectivity index (χ2n) is 6.01. The highest BCUT2D eigenvalue weighted by molar-refractivity contribution is 5.78. The predicted molar refractivity (Wildman–Crippen MR) is 78.2 cm³/mol. The molecule has 5 nitrogen and oxygen atoms in total. The molecule has 0 heterocycles. The molecule has 20 heavy (non-hydrogen) atoms. The van der Waals surface area contributed by atoms with E-state index >= 15 is 0 Å². The molecule has 3 unspecified atom stereocenters. The summed E-state index contributed by atoms with van der Waals surface area (Å²) in [5.74, 6) is 1.01. The molecule has 0 radical (unpaired) electrons. The summed E-state index contributed by atoms with van der Waals surface area (Å²) in [5, 5.41) is 3.13. The molecule has 1 saturated carbocycles. The summed E-state index contributed by atoms with van der Waals surface area (Å²) >= 11 is 0. The maximum absolute atomic E-state index is 12.0. The molecule has 1 aliphatic carbocycles. The predicted octanol–water partition coefficient (Wildman–Crippen LogP) is 1.42. The molecule has 0 aromatic carbocycles. The van der Waals surface area contributed by atoms with Crippen LogP contribution in [-0.2, 0) is 14.3 Å². The molecule has 0 aromatic rings. The van der Waals surface area contributed by atoms with Crippen LogP contribution >= 0.6 is 0 Å². The van der Waals surface area contributed by atoms with Gasteiger partial charge in [-0.2, -0.15) is 0 Å². The zero-order valence-corrected chi connectivity index (χ0v) is 13.1. The number of carbonyl (C=O) groups is 2. The van der Waals surface area contributed by atoms with E-state index in [1.807, 2.05) is 11.9 Å². The lowest BCUT2D eigenvalue weighted by molar-refractivity contribution is -0.141. The van der Waals surface area contributed by atoms with Crippen LogP contribution in [0.3, 0.4) is 0 Å². The molecule has 3 atom stereocenters. The number of carbonyl (C=O) groups excluding carboxylic acids is 2. The highest BCUT2D eigenvalue weighted by Gasteiger charge is 2.28. The van der Waals surface area contributed by atoms with Gasteiger partial charge in [0, 0.05) is 12.6 Å². The maximum atomic E-state index is 12.0. The zero-order valence-electron chi connectivity index (χ0n) is 13.1. The van der Waals surface area contributed by atoms with Gasteiger partial charge in [0.25, 0.3) is 0 Å². The number of esters is 1. The van der Waals surface area contributed by atoms with E-state index < -0.39 is 0 Å². The van der Waals surface area contributed by atoms with Crippen molar-refractivity contribution in [3.63, 3.8) is 0 Å². The van der Waals surface area contributed by atoms with Crippen LogP contribution in [0.5, 0.6) is 0 Å². The molecule has 1 amide bonds. The van der Waals surface area contributed by atoms with Gasteiger partial charge in [-0.3, -0.25) is 14.5 Å². The number of hydrogen-bond donors (Lipinski definition) is 1. The van der Waals surface area contributed by atoms with Crippen LogP contribution in [0.25, 0.3) is 0 Å². The van der Waals surface area contributed by atoms with Crippen molar-refractivity contribution < 1.29 is 14.3 Å². The second kappa shape index (κ2) is 8.25. The number of likely N-dealkylation sites (N-methyl/N-ethyl adjacent to an activating group) is 1. The molecule has 0 aliphatic heterocycles. The molecule has 1 aliphatic rings. The second-order valence-corrected chi connectivity index (χ2v) is 6.01. The number of nitrogens with zero attached hydrogens (tertiary/aromatic N) is 1. The highest BCUT2D eigenvalue weighted by Crippen LogP contribution is 2.29. The molecule has 1 N–H and O–H groups in total. The van der Waals surface area contributed by atoms with E-state index in [4.69, 9.17) is 0 Å². The Morgan fingerprint density at radius 1 is 1.30 bits per heavy atom. The fourth-order valence-corrected chi connectivity index (χ4v) is 2.75. The van der Waals surface area contributed by atoms with E-state index in [9.17, 15) is 9.59 Å². The number of amides is 1. The van der Waals surface area contributed by atoms with Gasteiger partial charge in [-0.15, -0.1) is 0 Å². The van der Waals surface area contributed by atoms with Crippen LogP contribution in [0.4, 0.5) is 0 Å². The lowest BCUT2D eigenvalue weighted by Gasteiger charge is -2.35. The first-order chi connectivity index (χ1) is 9.43. The Balaban J connectivity index is 2.30. The SMILES string of the molecule is COC(=O)CCN(C)CC(=O)NC1CCCC(C)C1C. The van der Waals surface area contributed by atoms with Crippen LogP contribution in [0.15, 0.2) is 0 Å². The van der Waals surface area contributed by atoms with E-state index in [0.717, 1.165) is 6.42 Å². The summed E-state index contributed by atoms with van der Waals surface area (Å²) in [6.07, 6.45) is 3.83. The van der Waals surface area contributed by atoms with Crippen molar-refractivity contribution in [2.45, 2.75) is 45.6 Å². The van der Waals surface area contributed by atoms with Crippen LogP contribution in [0.2, 0.25) is 0 Å². The summed E-state index contributed by atoms with van der Waals surface area (Å²) < 4.78 is 4.59. The average molecular weight is 284 g/mol. The first kappa shape index (κ1) is 17.0. The van der Waals surface area contributed by atoms with Gasteiger partial charge in [-0.25, -0.2) is 0 Å². The van der Waals surface area contributed by atoms with Gasteiger partial charge in [-0.1, -0.05) is 26.7 Å². The van der Waals surface area contributed by atoms with Gasteiger partial charge >= 0.3 is 5.97 Å². The van der Waals surface area contributed by atoms with Gasteiger partial charge in [-0.05, 0) is 25.3 Å². The fourth-order valence-electron chi connectivity index (χ4n) is 2.75. The third-order valence-electron chi connectivity index (χ3n) is 4.39. The van der Waals surface area contributed by atoms with E-state index in [2.05, 4.69) is 23.9 Å². The zero-order chi connectivity index (χ0) is 15.1. The quantitative estimate of drug-likeness (QED) is 0.750. The van der Waals surface area contributed by atoms with Gasteiger partial charge < -0.3 is 10.1 Å². The Hall–Kier alpha value is -1.10. The smallest absolute Gasteiger partial charge is 0.306 e. The van der Waals surface area contributed by atoms with Crippen molar-refractivity contribution in [1.82, 2.24) is 10.2 Å². The normalized spacial score (nSPS) is 26.4. The van der Waals surface area contributed by atoms with Crippen LogP contribution in [0.1, 0.15) is 39.5 Å². The molecular weight excluding hydrogens is 256 g/mol.